The molecule has 10 N–H and O–H groups in total. The van der Waals surface area contributed by atoms with Gasteiger partial charge < -0.3 is 32.5 Å². The summed E-state index contributed by atoms with van der Waals surface area (Å²) in [5, 5.41) is 27.6. The molecule has 0 saturated carbocycles. The van der Waals surface area contributed by atoms with Crippen LogP contribution in [-0.4, -0.2) is 75.4 Å². The summed E-state index contributed by atoms with van der Waals surface area (Å²) in [7, 11) is 0. The highest BCUT2D eigenvalue weighted by Crippen LogP contribution is 2.15. The molecule has 0 aromatic heterocycles. The van der Waals surface area contributed by atoms with Gasteiger partial charge in [0.15, 0.2) is 5.96 Å². The van der Waals surface area contributed by atoms with Gasteiger partial charge in [-0.05, 0) is 32.1 Å². The predicted octanol–water partition coefficient (Wildman–Crippen LogP) is -1.64. The summed E-state index contributed by atoms with van der Waals surface area (Å²) in [6.45, 7) is 2.75. The van der Waals surface area contributed by atoms with Crippen molar-refractivity contribution in [2.45, 2.75) is 57.2 Å². The highest BCUT2D eigenvalue weighted by molar-refractivity contribution is 5.76. The first-order chi connectivity index (χ1) is 12.6. The van der Waals surface area contributed by atoms with Crippen LogP contribution in [0.3, 0.4) is 0 Å². The summed E-state index contributed by atoms with van der Waals surface area (Å²) < 4.78 is 0. The normalized spacial score (nSPS) is 18.7. The van der Waals surface area contributed by atoms with Crippen molar-refractivity contribution in [3.63, 3.8) is 0 Å². The van der Waals surface area contributed by atoms with Crippen LogP contribution in [-0.2, 0) is 14.4 Å². The number of nitrogens with two attached hydrogens (primary N) is 3. The fourth-order valence-corrected chi connectivity index (χ4v) is 2.34. The van der Waals surface area contributed by atoms with E-state index in [0.717, 1.165) is 6.42 Å². The second-order valence-corrected chi connectivity index (χ2v) is 6.01. The van der Waals surface area contributed by atoms with Gasteiger partial charge in [0.2, 0.25) is 0 Å². The zero-order valence-electron chi connectivity index (χ0n) is 15.4. The van der Waals surface area contributed by atoms with Crippen molar-refractivity contribution < 1.29 is 29.7 Å². The lowest BCUT2D eigenvalue weighted by molar-refractivity contribution is -0.147. The Bertz CT molecular complexity index is 525. The van der Waals surface area contributed by atoms with Crippen molar-refractivity contribution in [3.8, 4) is 0 Å². The van der Waals surface area contributed by atoms with Gasteiger partial charge in [-0.1, -0.05) is 6.92 Å². The van der Waals surface area contributed by atoms with E-state index in [1.54, 1.807) is 6.92 Å². The van der Waals surface area contributed by atoms with E-state index < -0.39 is 36.0 Å². The molecule has 1 aliphatic rings. The van der Waals surface area contributed by atoms with Gasteiger partial charge in [0.05, 0.1) is 0 Å². The Balaban J connectivity index is 0.000000516. The molecular weight excluding hydrogens is 360 g/mol. The lowest BCUT2D eigenvalue weighted by Crippen LogP contribution is -2.52. The number of nitrogens with one attached hydrogen (secondary N) is 1. The third-order valence-electron chi connectivity index (χ3n) is 3.85. The first kappa shape index (κ1) is 24.6. The molecule has 0 spiro atoms. The Kier molecular flexibility index (Phi) is 11.7. The summed E-state index contributed by atoms with van der Waals surface area (Å²) >= 11 is 0. The molecule has 12 nitrogen and oxygen atoms in total. The summed E-state index contributed by atoms with van der Waals surface area (Å²) in [5.41, 5.74) is 18.1. The van der Waals surface area contributed by atoms with E-state index in [4.69, 9.17) is 32.5 Å². The van der Waals surface area contributed by atoms with Gasteiger partial charge in [0, 0.05) is 13.1 Å². The molecule has 0 bridgehead atoms. The molecule has 0 aromatic carbocycles. The third-order valence-corrected chi connectivity index (χ3v) is 3.85. The zero-order valence-corrected chi connectivity index (χ0v) is 15.4. The van der Waals surface area contributed by atoms with Crippen LogP contribution in [0.15, 0.2) is 4.99 Å². The van der Waals surface area contributed by atoms with Crippen LogP contribution in [0.25, 0.3) is 0 Å². The minimum Gasteiger partial charge on any atom is -0.480 e. The fourth-order valence-electron chi connectivity index (χ4n) is 2.34. The van der Waals surface area contributed by atoms with E-state index in [0.29, 0.717) is 38.8 Å². The number of rotatable bonds is 10. The van der Waals surface area contributed by atoms with Gasteiger partial charge in [0.25, 0.3) is 0 Å². The number of hydrogen-bond acceptors (Lipinski definition) is 7. The van der Waals surface area contributed by atoms with E-state index in [1.807, 2.05) is 0 Å². The van der Waals surface area contributed by atoms with Crippen molar-refractivity contribution in [1.29, 1.82) is 0 Å². The quantitative estimate of drug-likeness (QED) is 0.127. The van der Waals surface area contributed by atoms with Crippen LogP contribution in [0.4, 0.5) is 0 Å². The van der Waals surface area contributed by atoms with Crippen LogP contribution in [0.5, 0.6) is 0 Å². The van der Waals surface area contributed by atoms with Crippen LogP contribution in [0.2, 0.25) is 0 Å². The van der Waals surface area contributed by atoms with Crippen molar-refractivity contribution in [1.82, 2.24) is 10.4 Å². The predicted molar refractivity (Wildman–Crippen MR) is 97.7 cm³/mol. The van der Waals surface area contributed by atoms with Crippen molar-refractivity contribution in [2.75, 3.05) is 13.1 Å². The third kappa shape index (κ3) is 10.3. The number of carbonyl (C=O) groups is 3. The van der Waals surface area contributed by atoms with Gasteiger partial charge in [-0.25, -0.2) is 10.4 Å². The lowest BCUT2D eigenvalue weighted by Gasteiger charge is -2.25. The molecule has 1 aliphatic heterocycles. The number of nitrogens with zero attached hydrogens (tertiary/aromatic N) is 2. The first-order valence-corrected chi connectivity index (χ1v) is 8.62. The summed E-state index contributed by atoms with van der Waals surface area (Å²) in [6.07, 6.45) is 2.73. The molecule has 1 heterocycles. The van der Waals surface area contributed by atoms with Crippen molar-refractivity contribution in [2.24, 2.45) is 22.2 Å². The Labute approximate surface area is 157 Å². The molecule has 0 aliphatic carbocycles. The smallest absolute Gasteiger partial charge is 0.322 e. The molecule has 0 radical (unpaired) electrons. The van der Waals surface area contributed by atoms with Gasteiger partial charge in [-0.3, -0.25) is 19.4 Å². The second-order valence-electron chi connectivity index (χ2n) is 6.01. The maximum absolute atomic E-state index is 10.8. The van der Waals surface area contributed by atoms with Crippen LogP contribution in [0.1, 0.15) is 39.0 Å². The number of aliphatic carboxylic acids is 3. The monoisotopic (exact) mass is 390 g/mol. The Morgan fingerprint density at radius 2 is 1.85 bits per heavy atom. The molecule has 1 unspecified atom stereocenters. The van der Waals surface area contributed by atoms with Crippen LogP contribution < -0.4 is 22.6 Å². The standard InChI is InChI=1S/C9H16N2O4.C6H14N4O2/c1-2-6(8(12)13)10-11-5-3-4-7(11)9(14)15;7-4(5(11)12)2-1-3-10-6(8)9/h6-7,10H,2-5H2,1H3,(H,12,13)(H,14,15);4H,1-3,7H2,(H,11,12)(H4,8,9,10)/t6?,7-;4-/m00/s1. The van der Waals surface area contributed by atoms with Crippen molar-refractivity contribution in [3.05, 3.63) is 0 Å². The molecule has 0 aromatic rings. The minimum absolute atomic E-state index is 0.0129. The highest BCUT2D eigenvalue weighted by Gasteiger charge is 2.32. The zero-order chi connectivity index (χ0) is 21.0. The SMILES string of the molecule is CCC(NN1CCC[C@H]1C(=O)O)C(=O)O.NC(N)=NCCC[C@H](N)C(=O)O. The lowest BCUT2D eigenvalue weighted by atomic mass is 10.2. The fraction of sp³-hybridized carbons (Fsp3) is 0.733. The minimum atomic E-state index is -1.00. The van der Waals surface area contributed by atoms with E-state index in [9.17, 15) is 14.4 Å². The highest BCUT2D eigenvalue weighted by atomic mass is 16.4. The number of guanidine groups is 1. The van der Waals surface area contributed by atoms with E-state index >= 15 is 0 Å². The maximum atomic E-state index is 10.8. The summed E-state index contributed by atoms with van der Waals surface area (Å²) in [5.74, 6) is -2.84. The Morgan fingerprint density at radius 3 is 2.30 bits per heavy atom. The summed E-state index contributed by atoms with van der Waals surface area (Å²) in [4.78, 5) is 35.5. The molecule has 1 rings (SSSR count). The van der Waals surface area contributed by atoms with E-state index in [-0.39, 0.29) is 5.96 Å². The molecule has 156 valence electrons. The van der Waals surface area contributed by atoms with Gasteiger partial charge in [-0.15, -0.1) is 0 Å². The number of carboxylic acid groups (broad SMARTS) is 3. The maximum Gasteiger partial charge on any atom is 0.322 e. The number of carboxylic acids is 3. The molecule has 27 heavy (non-hydrogen) atoms. The number of aliphatic imine (C=N–C) groups is 1. The average Bonchev–Trinajstić information content (AvgIpc) is 3.04. The topological polar surface area (TPSA) is 218 Å². The van der Waals surface area contributed by atoms with Gasteiger partial charge in [0.1, 0.15) is 18.1 Å². The van der Waals surface area contributed by atoms with E-state index in [2.05, 4.69) is 10.4 Å². The van der Waals surface area contributed by atoms with Crippen LogP contribution in [0, 0.1) is 0 Å². The average molecular weight is 390 g/mol. The Morgan fingerprint density at radius 1 is 1.22 bits per heavy atom. The molecule has 1 saturated heterocycles. The molecule has 12 heteroatoms. The second kappa shape index (κ2) is 12.8. The first-order valence-electron chi connectivity index (χ1n) is 8.62. The van der Waals surface area contributed by atoms with Gasteiger partial charge in [-0.2, -0.15) is 0 Å². The number of hydrogen-bond donors (Lipinski definition) is 7. The van der Waals surface area contributed by atoms with Gasteiger partial charge >= 0.3 is 17.9 Å². The summed E-state index contributed by atoms with van der Waals surface area (Å²) in [6, 6.07) is -2.12. The van der Waals surface area contributed by atoms with Crippen LogP contribution >= 0.6 is 0 Å². The largest absolute Gasteiger partial charge is 0.480 e. The molecule has 0 amide bonds. The Hall–Kier alpha value is -2.44. The van der Waals surface area contributed by atoms with E-state index in [1.165, 1.54) is 5.01 Å². The molecular formula is C15H30N6O6. The molecule has 3 atom stereocenters. The molecule has 1 fully saturated rings. The number of hydrazine groups is 1. The van der Waals surface area contributed by atoms with Crippen molar-refractivity contribution >= 4 is 23.9 Å².